The third-order valence-corrected chi connectivity index (χ3v) is 6.66. The summed E-state index contributed by atoms with van der Waals surface area (Å²) in [5.74, 6) is -2.58. The number of anilines is 2. The van der Waals surface area contributed by atoms with Crippen molar-refractivity contribution >= 4 is 35.3 Å². The summed E-state index contributed by atoms with van der Waals surface area (Å²) in [6.07, 6.45) is 2.04. The minimum absolute atomic E-state index is 0.0181. The minimum Gasteiger partial charge on any atom is -0.466 e. The molecule has 0 aliphatic carbocycles. The predicted molar refractivity (Wildman–Crippen MR) is 140 cm³/mol. The van der Waals surface area contributed by atoms with E-state index in [1.165, 1.54) is 11.1 Å². The molecule has 0 bridgehead atoms. The number of carbonyl (C=O) groups is 4. The smallest absolute Gasteiger partial charge is 0.414 e. The van der Waals surface area contributed by atoms with E-state index in [1.807, 2.05) is 0 Å². The molecule has 11 nitrogen and oxygen atoms in total. The summed E-state index contributed by atoms with van der Waals surface area (Å²) in [7, 11) is 0. The van der Waals surface area contributed by atoms with Crippen LogP contribution in [0.4, 0.5) is 25.0 Å². The Morgan fingerprint density at radius 1 is 1.12 bits per heavy atom. The molecule has 2 aromatic rings. The lowest BCUT2D eigenvalue weighted by molar-refractivity contribution is -0.143. The molecule has 0 saturated carbocycles. The average Bonchev–Trinajstić information content (AvgIpc) is 3.32. The monoisotopic (exact) mass is 559 g/mol. The summed E-state index contributed by atoms with van der Waals surface area (Å²) in [6.45, 7) is 3.09. The van der Waals surface area contributed by atoms with Crippen LogP contribution in [0, 0.1) is 11.6 Å². The number of nitrogens with one attached hydrogen (secondary N) is 1. The molecule has 3 heterocycles. The number of ether oxygens (including phenoxy) is 2. The van der Waals surface area contributed by atoms with Crippen molar-refractivity contribution in [2.24, 2.45) is 0 Å². The normalized spacial score (nSPS) is 17.0. The Hall–Kier alpha value is -4.29. The van der Waals surface area contributed by atoms with Gasteiger partial charge in [0, 0.05) is 70.1 Å². The van der Waals surface area contributed by atoms with Crippen LogP contribution >= 0.6 is 0 Å². The van der Waals surface area contributed by atoms with Gasteiger partial charge in [-0.2, -0.15) is 0 Å². The molecule has 0 radical (unpaired) electrons. The van der Waals surface area contributed by atoms with Crippen LogP contribution in [0.2, 0.25) is 0 Å². The Labute approximate surface area is 230 Å². The highest BCUT2D eigenvalue weighted by Crippen LogP contribution is 2.32. The molecular weight excluding hydrogens is 528 g/mol. The fraction of sp³-hybridized carbons (Fsp3) is 0.444. The van der Waals surface area contributed by atoms with Gasteiger partial charge >= 0.3 is 12.1 Å². The van der Waals surface area contributed by atoms with Gasteiger partial charge in [0.25, 0.3) is 5.91 Å². The Morgan fingerprint density at radius 3 is 2.50 bits per heavy atom. The van der Waals surface area contributed by atoms with Crippen molar-refractivity contribution in [1.29, 1.82) is 0 Å². The largest absolute Gasteiger partial charge is 0.466 e. The average molecular weight is 560 g/mol. The number of aromatic nitrogens is 1. The summed E-state index contributed by atoms with van der Waals surface area (Å²) >= 11 is 0. The van der Waals surface area contributed by atoms with E-state index < -0.39 is 29.8 Å². The number of rotatable bonds is 10. The molecule has 3 amide bonds. The van der Waals surface area contributed by atoms with Gasteiger partial charge in [-0.05, 0) is 25.5 Å². The molecular formula is C27H31F2N5O6. The number of pyridine rings is 1. The van der Waals surface area contributed by atoms with Gasteiger partial charge in [-0.3, -0.25) is 24.3 Å². The number of amides is 3. The molecule has 1 aromatic carbocycles. The molecule has 0 spiro atoms. The lowest BCUT2D eigenvalue weighted by Crippen LogP contribution is -2.49. The van der Waals surface area contributed by atoms with Crippen LogP contribution in [0.1, 0.15) is 36.5 Å². The Bertz CT molecular complexity index is 1220. The van der Waals surface area contributed by atoms with Crippen molar-refractivity contribution in [2.75, 3.05) is 55.7 Å². The van der Waals surface area contributed by atoms with E-state index >= 15 is 8.78 Å². The van der Waals surface area contributed by atoms with Crippen LogP contribution < -0.4 is 15.1 Å². The predicted octanol–water partition coefficient (Wildman–Crippen LogP) is 2.50. The van der Waals surface area contributed by atoms with Crippen LogP contribution in [-0.2, 0) is 19.1 Å². The van der Waals surface area contributed by atoms with E-state index in [0.717, 1.165) is 17.0 Å². The molecule has 0 unspecified atom stereocenters. The van der Waals surface area contributed by atoms with Gasteiger partial charge in [0.1, 0.15) is 11.8 Å². The molecule has 1 aromatic heterocycles. The van der Waals surface area contributed by atoms with E-state index in [-0.39, 0.29) is 88.3 Å². The molecule has 40 heavy (non-hydrogen) atoms. The fourth-order valence-corrected chi connectivity index (χ4v) is 4.62. The second kappa shape index (κ2) is 13.2. The van der Waals surface area contributed by atoms with Crippen LogP contribution in [0.25, 0.3) is 0 Å². The van der Waals surface area contributed by atoms with Crippen molar-refractivity contribution < 1.29 is 37.4 Å². The zero-order valence-electron chi connectivity index (χ0n) is 22.1. The lowest BCUT2D eigenvalue weighted by Gasteiger charge is -2.36. The minimum atomic E-state index is -0.837. The zero-order valence-corrected chi connectivity index (χ0v) is 22.1. The van der Waals surface area contributed by atoms with Crippen molar-refractivity contribution in [3.63, 3.8) is 0 Å². The van der Waals surface area contributed by atoms with Crippen LogP contribution in [-0.4, -0.2) is 85.7 Å². The van der Waals surface area contributed by atoms with Gasteiger partial charge in [0.2, 0.25) is 5.91 Å². The number of esters is 1. The number of cyclic esters (lactones) is 1. The summed E-state index contributed by atoms with van der Waals surface area (Å²) in [5.41, 5.74) is 0.185. The van der Waals surface area contributed by atoms with Crippen molar-refractivity contribution in [3.8, 4) is 0 Å². The summed E-state index contributed by atoms with van der Waals surface area (Å²) in [4.78, 5) is 56.7. The first-order chi connectivity index (χ1) is 19.3. The van der Waals surface area contributed by atoms with Gasteiger partial charge in [0.15, 0.2) is 11.6 Å². The Balaban J connectivity index is 1.28. The molecule has 4 rings (SSSR count). The van der Waals surface area contributed by atoms with E-state index in [4.69, 9.17) is 9.47 Å². The van der Waals surface area contributed by atoms with Gasteiger partial charge in [-0.25, -0.2) is 13.6 Å². The highest BCUT2D eigenvalue weighted by Gasteiger charge is 2.34. The first-order valence-electron chi connectivity index (χ1n) is 13.1. The van der Waals surface area contributed by atoms with Gasteiger partial charge < -0.3 is 24.6 Å². The molecule has 2 aliphatic rings. The second-order valence-corrected chi connectivity index (χ2v) is 9.33. The standard InChI is InChI=1S/C27H31F2N5O6/c1-2-39-24(36)6-5-20-17-34(27(38)40-20)19-14-21(28)25(22(29)15-19)33-12-10-32(11-13-33)23(35)7-9-31-26(37)18-4-3-8-30-16-18/h3-4,8,14-16,20H,2,5-7,9-13,17H2,1H3,(H,31,37)/t20-/m0/s1. The van der Waals surface area contributed by atoms with Crippen molar-refractivity contribution in [1.82, 2.24) is 15.2 Å². The van der Waals surface area contributed by atoms with E-state index in [9.17, 15) is 19.2 Å². The maximum absolute atomic E-state index is 15.1. The summed E-state index contributed by atoms with van der Waals surface area (Å²) in [5, 5.41) is 2.68. The Morgan fingerprint density at radius 2 is 1.85 bits per heavy atom. The maximum atomic E-state index is 15.1. The molecule has 214 valence electrons. The molecule has 2 fully saturated rings. The van der Waals surface area contributed by atoms with E-state index in [0.29, 0.717) is 5.56 Å². The van der Waals surface area contributed by atoms with Crippen LogP contribution in [0.15, 0.2) is 36.7 Å². The lowest BCUT2D eigenvalue weighted by atomic mass is 10.1. The number of nitrogens with zero attached hydrogens (tertiary/aromatic N) is 4. The van der Waals surface area contributed by atoms with Crippen molar-refractivity contribution in [3.05, 3.63) is 53.9 Å². The molecule has 2 saturated heterocycles. The van der Waals surface area contributed by atoms with Gasteiger partial charge in [-0.1, -0.05) is 0 Å². The SMILES string of the molecule is CCOC(=O)CC[C@H]1CN(c2cc(F)c(N3CCN(C(=O)CCNC(=O)c4cccnc4)CC3)c(F)c2)C(=O)O1. The number of hydrogen-bond donors (Lipinski definition) is 1. The number of hydrogen-bond acceptors (Lipinski definition) is 8. The molecule has 1 atom stereocenters. The first-order valence-corrected chi connectivity index (χ1v) is 13.1. The van der Waals surface area contributed by atoms with E-state index in [2.05, 4.69) is 10.3 Å². The number of benzene rings is 1. The fourth-order valence-electron chi connectivity index (χ4n) is 4.62. The second-order valence-electron chi connectivity index (χ2n) is 9.33. The third-order valence-electron chi connectivity index (χ3n) is 6.66. The quantitative estimate of drug-likeness (QED) is 0.441. The highest BCUT2D eigenvalue weighted by molar-refractivity contribution is 5.94. The summed E-state index contributed by atoms with van der Waals surface area (Å²) < 4.78 is 40.3. The van der Waals surface area contributed by atoms with Gasteiger partial charge in [0.05, 0.1) is 24.4 Å². The third kappa shape index (κ3) is 7.01. The van der Waals surface area contributed by atoms with Crippen LogP contribution in [0.3, 0.4) is 0 Å². The maximum Gasteiger partial charge on any atom is 0.414 e. The number of piperazine rings is 1. The molecule has 13 heteroatoms. The highest BCUT2D eigenvalue weighted by atomic mass is 19.1. The summed E-state index contributed by atoms with van der Waals surface area (Å²) in [6, 6.07) is 5.42. The molecule has 2 aliphatic heterocycles. The van der Waals surface area contributed by atoms with Crippen LogP contribution in [0.5, 0.6) is 0 Å². The topological polar surface area (TPSA) is 121 Å². The zero-order chi connectivity index (χ0) is 28.6. The van der Waals surface area contributed by atoms with Gasteiger partial charge in [-0.15, -0.1) is 0 Å². The first kappa shape index (κ1) is 28.7. The number of carbonyl (C=O) groups excluding carboxylic acids is 4. The van der Waals surface area contributed by atoms with E-state index in [1.54, 1.807) is 30.2 Å². The number of halogens is 2. The molecule has 1 N–H and O–H groups in total. The van der Waals surface area contributed by atoms with Crippen molar-refractivity contribution in [2.45, 2.75) is 32.3 Å². The Kier molecular flexibility index (Phi) is 9.46.